The van der Waals surface area contributed by atoms with Crippen molar-refractivity contribution in [2.45, 2.75) is 6.42 Å². The number of hydrogen-bond acceptors (Lipinski definition) is 2. The van der Waals surface area contributed by atoms with E-state index in [1.165, 1.54) is 11.1 Å². The van der Waals surface area contributed by atoms with Gasteiger partial charge in [-0.15, -0.1) is 0 Å². The van der Waals surface area contributed by atoms with Crippen molar-refractivity contribution in [3.8, 4) is 5.75 Å². The quantitative estimate of drug-likeness (QED) is 0.468. The average molecular weight is 196 g/mol. The third kappa shape index (κ3) is 0.757. The van der Waals surface area contributed by atoms with Crippen LogP contribution in [0.5, 0.6) is 5.75 Å². The Bertz CT molecular complexity index is 682. The maximum atomic E-state index is 9.84. The third-order valence-electron chi connectivity index (χ3n) is 3.11. The summed E-state index contributed by atoms with van der Waals surface area (Å²) in [5.74, 6) is 0.308. The van der Waals surface area contributed by atoms with Crippen LogP contribution in [-0.4, -0.2) is 5.11 Å². The second-order valence-corrected chi connectivity index (χ2v) is 4.06. The van der Waals surface area contributed by atoms with Crippen molar-refractivity contribution >= 4 is 21.9 Å². The molecule has 3 aromatic rings. The summed E-state index contributed by atoms with van der Waals surface area (Å²) in [7, 11) is 0. The highest BCUT2D eigenvalue weighted by molar-refractivity contribution is 6.11. The number of fused-ring (bicyclic) bond motifs is 1. The lowest BCUT2D eigenvalue weighted by molar-refractivity contribution is 0.481. The second kappa shape index (κ2) is 2.16. The van der Waals surface area contributed by atoms with Crippen LogP contribution in [0.2, 0.25) is 0 Å². The number of hydrogen-bond donors (Lipinski definition) is 1. The summed E-state index contributed by atoms with van der Waals surface area (Å²) in [5, 5.41) is 11.8. The maximum Gasteiger partial charge on any atom is 0.139 e. The molecule has 0 saturated heterocycles. The normalized spacial score (nSPS) is 13.3. The van der Waals surface area contributed by atoms with E-state index in [-0.39, 0.29) is 0 Å². The van der Waals surface area contributed by atoms with Gasteiger partial charge in [0, 0.05) is 5.39 Å². The Hall–Kier alpha value is -1.96. The van der Waals surface area contributed by atoms with E-state index in [2.05, 4.69) is 12.1 Å². The first-order chi connectivity index (χ1) is 7.33. The first-order valence-corrected chi connectivity index (χ1v) is 4.99. The Morgan fingerprint density at radius 3 is 2.80 bits per heavy atom. The molecule has 2 bridgehead atoms. The van der Waals surface area contributed by atoms with Gasteiger partial charge in [-0.05, 0) is 35.7 Å². The molecule has 15 heavy (non-hydrogen) atoms. The summed E-state index contributed by atoms with van der Waals surface area (Å²) in [4.78, 5) is 0. The highest BCUT2D eigenvalue weighted by atomic mass is 16.3. The highest BCUT2D eigenvalue weighted by Gasteiger charge is 2.20. The highest BCUT2D eigenvalue weighted by Crippen LogP contribution is 2.41. The molecule has 0 saturated carbocycles. The van der Waals surface area contributed by atoms with Crippen LogP contribution in [0.3, 0.4) is 0 Å². The van der Waals surface area contributed by atoms with Crippen LogP contribution in [0.25, 0.3) is 21.9 Å². The van der Waals surface area contributed by atoms with Crippen molar-refractivity contribution in [1.82, 2.24) is 0 Å². The first kappa shape index (κ1) is 7.35. The van der Waals surface area contributed by atoms with Crippen LogP contribution in [0.4, 0.5) is 0 Å². The van der Waals surface area contributed by atoms with E-state index in [1.54, 1.807) is 12.1 Å². The molecular formula is C13H8O2. The van der Waals surface area contributed by atoms with Gasteiger partial charge < -0.3 is 9.52 Å². The summed E-state index contributed by atoms with van der Waals surface area (Å²) >= 11 is 0. The minimum atomic E-state index is 0.308. The van der Waals surface area contributed by atoms with E-state index in [0.717, 1.165) is 28.4 Å². The van der Waals surface area contributed by atoms with Crippen LogP contribution in [-0.2, 0) is 6.42 Å². The van der Waals surface area contributed by atoms with E-state index >= 15 is 0 Å². The standard InChI is InChI=1S/C13H8O2/c14-9-2-1-3-10-13(9)12-8-4-7(5-8)6-11(12)15-10/h1-4,6,14H,5H2. The third-order valence-corrected chi connectivity index (χ3v) is 3.11. The lowest BCUT2D eigenvalue weighted by atomic mass is 9.89. The fourth-order valence-corrected chi connectivity index (χ4v) is 2.41. The van der Waals surface area contributed by atoms with Crippen molar-refractivity contribution in [3.05, 3.63) is 41.5 Å². The summed E-state index contributed by atoms with van der Waals surface area (Å²) in [6, 6.07) is 9.62. The topological polar surface area (TPSA) is 33.4 Å². The summed E-state index contributed by atoms with van der Waals surface area (Å²) in [5.41, 5.74) is 4.26. The molecule has 0 radical (unpaired) electrons. The number of rotatable bonds is 0. The fraction of sp³-hybridized carbons (Fsp3) is 0.0769. The minimum Gasteiger partial charge on any atom is -0.507 e. The Kier molecular flexibility index (Phi) is 1.06. The molecule has 0 unspecified atom stereocenters. The zero-order chi connectivity index (χ0) is 9.99. The van der Waals surface area contributed by atoms with Crippen LogP contribution >= 0.6 is 0 Å². The molecule has 0 amide bonds. The van der Waals surface area contributed by atoms with Gasteiger partial charge in [-0.25, -0.2) is 0 Å². The molecule has 2 nitrogen and oxygen atoms in total. The van der Waals surface area contributed by atoms with Gasteiger partial charge in [0.2, 0.25) is 0 Å². The van der Waals surface area contributed by atoms with Gasteiger partial charge in [-0.1, -0.05) is 12.1 Å². The van der Waals surface area contributed by atoms with Crippen LogP contribution < -0.4 is 0 Å². The van der Waals surface area contributed by atoms with Crippen molar-refractivity contribution < 1.29 is 9.52 Å². The van der Waals surface area contributed by atoms with Gasteiger partial charge in [-0.2, -0.15) is 0 Å². The van der Waals surface area contributed by atoms with Crippen molar-refractivity contribution in [3.63, 3.8) is 0 Å². The molecule has 2 aromatic carbocycles. The number of benzene rings is 2. The van der Waals surface area contributed by atoms with Gasteiger partial charge in [-0.3, -0.25) is 0 Å². The number of aromatic hydroxyl groups is 1. The molecule has 72 valence electrons. The van der Waals surface area contributed by atoms with Gasteiger partial charge >= 0.3 is 0 Å². The van der Waals surface area contributed by atoms with Crippen LogP contribution in [0.15, 0.2) is 34.7 Å². The molecule has 0 aliphatic heterocycles. The summed E-state index contributed by atoms with van der Waals surface area (Å²) < 4.78 is 5.69. The molecule has 1 N–H and O–H groups in total. The van der Waals surface area contributed by atoms with Gasteiger partial charge in [0.25, 0.3) is 0 Å². The van der Waals surface area contributed by atoms with Gasteiger partial charge in [0.05, 0.1) is 5.39 Å². The zero-order valence-electron chi connectivity index (χ0n) is 7.95. The number of furan rings is 1. The van der Waals surface area contributed by atoms with Crippen LogP contribution in [0.1, 0.15) is 11.1 Å². The van der Waals surface area contributed by atoms with Crippen molar-refractivity contribution in [2.24, 2.45) is 0 Å². The molecule has 5 rings (SSSR count). The fourth-order valence-electron chi connectivity index (χ4n) is 2.41. The Morgan fingerprint density at radius 2 is 1.93 bits per heavy atom. The molecule has 0 fully saturated rings. The van der Waals surface area contributed by atoms with E-state index in [1.807, 2.05) is 6.07 Å². The summed E-state index contributed by atoms with van der Waals surface area (Å²) in [6.45, 7) is 0. The van der Waals surface area contributed by atoms with E-state index < -0.39 is 0 Å². The van der Waals surface area contributed by atoms with Crippen LogP contribution in [0, 0.1) is 0 Å². The first-order valence-electron chi connectivity index (χ1n) is 4.99. The monoisotopic (exact) mass is 196 g/mol. The molecule has 2 aliphatic rings. The zero-order valence-corrected chi connectivity index (χ0v) is 7.95. The van der Waals surface area contributed by atoms with E-state index in [4.69, 9.17) is 4.42 Å². The van der Waals surface area contributed by atoms with Crippen molar-refractivity contribution in [1.29, 1.82) is 0 Å². The number of phenolic OH excluding ortho intramolecular Hbond substituents is 1. The van der Waals surface area contributed by atoms with Crippen molar-refractivity contribution in [2.75, 3.05) is 0 Å². The molecule has 0 atom stereocenters. The molecule has 0 spiro atoms. The lowest BCUT2D eigenvalue weighted by Crippen LogP contribution is -2.00. The minimum absolute atomic E-state index is 0.308. The van der Waals surface area contributed by atoms with E-state index in [0.29, 0.717) is 5.75 Å². The maximum absolute atomic E-state index is 9.84. The Labute approximate surface area is 85.7 Å². The molecule has 1 aromatic heterocycles. The lowest BCUT2D eigenvalue weighted by Gasteiger charge is -2.15. The van der Waals surface area contributed by atoms with E-state index in [9.17, 15) is 5.11 Å². The predicted octanol–water partition coefficient (Wildman–Crippen LogP) is 3.20. The molecular weight excluding hydrogens is 188 g/mol. The smallest absolute Gasteiger partial charge is 0.139 e. The predicted molar refractivity (Wildman–Crippen MR) is 58.2 cm³/mol. The molecule has 2 aliphatic carbocycles. The Balaban J connectivity index is 2.38. The second-order valence-electron chi connectivity index (χ2n) is 4.06. The largest absolute Gasteiger partial charge is 0.507 e. The molecule has 2 heteroatoms. The SMILES string of the molecule is Oc1cccc2oc3cc4cc(c3c12)C4. The number of phenols is 1. The average Bonchev–Trinajstić information content (AvgIpc) is 2.55. The molecule has 1 heterocycles. The Morgan fingerprint density at radius 1 is 1.07 bits per heavy atom. The van der Waals surface area contributed by atoms with Gasteiger partial charge in [0.15, 0.2) is 0 Å². The summed E-state index contributed by atoms with van der Waals surface area (Å²) in [6.07, 6.45) is 1.01. The van der Waals surface area contributed by atoms with Gasteiger partial charge in [0.1, 0.15) is 16.9 Å².